The van der Waals surface area contributed by atoms with E-state index in [4.69, 9.17) is 0 Å². The number of amides is 1. The Morgan fingerprint density at radius 1 is 1.47 bits per heavy atom. The fourth-order valence-electron chi connectivity index (χ4n) is 2.06. The number of pyridine rings is 1. The molecule has 1 aliphatic carbocycles. The van der Waals surface area contributed by atoms with Crippen LogP contribution in [0, 0.1) is 11.3 Å². The lowest BCUT2D eigenvalue weighted by Crippen LogP contribution is -2.23. The molecule has 0 spiro atoms. The van der Waals surface area contributed by atoms with Gasteiger partial charge in [-0.05, 0) is 37.3 Å². The predicted octanol–water partition coefficient (Wildman–Crippen LogP) is 2.01. The molecule has 0 bridgehead atoms. The van der Waals surface area contributed by atoms with Crippen LogP contribution in [0.5, 0.6) is 0 Å². The summed E-state index contributed by atoms with van der Waals surface area (Å²) in [6.07, 6.45) is 4.33. The second kappa shape index (κ2) is 6.07. The van der Waals surface area contributed by atoms with Gasteiger partial charge in [0.15, 0.2) is 0 Å². The molecule has 1 amide bonds. The van der Waals surface area contributed by atoms with Crippen LogP contribution in [0.3, 0.4) is 0 Å². The number of rotatable bonds is 3. The highest BCUT2D eigenvalue weighted by Gasteiger charge is 2.16. The highest BCUT2D eigenvalue weighted by Crippen LogP contribution is 2.27. The minimum absolute atomic E-state index is 0.0356. The molecule has 1 aliphatic rings. The van der Waals surface area contributed by atoms with E-state index in [0.29, 0.717) is 16.3 Å². The van der Waals surface area contributed by atoms with Crippen molar-refractivity contribution in [1.29, 1.82) is 5.26 Å². The molecule has 1 aromatic rings. The van der Waals surface area contributed by atoms with Gasteiger partial charge in [0.1, 0.15) is 11.1 Å². The third kappa shape index (κ3) is 3.27. The summed E-state index contributed by atoms with van der Waals surface area (Å²) in [6, 6.07) is 4.14. The third-order valence-corrected chi connectivity index (χ3v) is 4.19. The van der Waals surface area contributed by atoms with Crippen LogP contribution in [0.1, 0.15) is 29.7 Å². The molecule has 0 aromatic carbocycles. The molecule has 19 heavy (non-hydrogen) atoms. The summed E-state index contributed by atoms with van der Waals surface area (Å²) in [5.41, 5.74) is 2.90. The minimum atomic E-state index is 0.0356. The average Bonchev–Trinajstić information content (AvgIpc) is 2.43. The van der Waals surface area contributed by atoms with Crippen molar-refractivity contribution in [2.45, 2.75) is 30.7 Å². The number of hydrogen-bond donors (Lipinski definition) is 0. The highest BCUT2D eigenvalue weighted by molar-refractivity contribution is 7.99. The smallest absolute Gasteiger partial charge is 0.232 e. The summed E-state index contributed by atoms with van der Waals surface area (Å²) in [6.45, 7) is 0. The maximum atomic E-state index is 11.6. The maximum absolute atomic E-state index is 11.6. The van der Waals surface area contributed by atoms with Gasteiger partial charge in [-0.2, -0.15) is 5.26 Å². The number of fused-ring (bicyclic) bond motifs is 1. The summed E-state index contributed by atoms with van der Waals surface area (Å²) in [5, 5.41) is 9.89. The molecule has 0 saturated carbocycles. The molecule has 2 rings (SSSR count). The Labute approximate surface area is 117 Å². The molecule has 0 N–H and O–H groups in total. The molecular formula is C14H17N3OS. The van der Waals surface area contributed by atoms with Crippen molar-refractivity contribution in [3.05, 3.63) is 22.9 Å². The quantitative estimate of drug-likeness (QED) is 0.792. The Hall–Kier alpha value is -1.54. The van der Waals surface area contributed by atoms with Crippen molar-refractivity contribution < 1.29 is 4.79 Å². The van der Waals surface area contributed by atoms with E-state index in [2.05, 4.69) is 11.1 Å². The number of nitriles is 1. The number of thioether (sulfide) groups is 1. The zero-order valence-corrected chi connectivity index (χ0v) is 12.1. The van der Waals surface area contributed by atoms with Crippen molar-refractivity contribution in [3.8, 4) is 6.07 Å². The lowest BCUT2D eigenvalue weighted by Gasteiger charge is -2.16. The first kappa shape index (κ1) is 13.9. The van der Waals surface area contributed by atoms with Gasteiger partial charge in [0.2, 0.25) is 5.91 Å². The number of nitrogens with zero attached hydrogens (tertiary/aromatic N) is 3. The third-order valence-electron chi connectivity index (χ3n) is 3.22. The van der Waals surface area contributed by atoms with Crippen molar-refractivity contribution >= 4 is 17.7 Å². The van der Waals surface area contributed by atoms with Crippen LogP contribution in [-0.2, 0) is 17.6 Å². The summed E-state index contributed by atoms with van der Waals surface area (Å²) < 4.78 is 0. The van der Waals surface area contributed by atoms with Crippen molar-refractivity contribution in [1.82, 2.24) is 9.88 Å². The van der Waals surface area contributed by atoms with E-state index < -0.39 is 0 Å². The number of carbonyl (C=O) groups excluding carboxylic acids is 1. The van der Waals surface area contributed by atoms with E-state index in [1.165, 1.54) is 23.7 Å². The Kier molecular flexibility index (Phi) is 4.43. The van der Waals surface area contributed by atoms with Crippen LogP contribution < -0.4 is 0 Å². The van der Waals surface area contributed by atoms with Crippen LogP contribution >= 0.6 is 11.8 Å². The minimum Gasteiger partial charge on any atom is -0.348 e. The van der Waals surface area contributed by atoms with E-state index in [0.717, 1.165) is 25.0 Å². The van der Waals surface area contributed by atoms with Gasteiger partial charge in [0.05, 0.1) is 11.3 Å². The first-order chi connectivity index (χ1) is 9.11. The second-order valence-electron chi connectivity index (χ2n) is 4.84. The molecule has 4 nitrogen and oxygen atoms in total. The first-order valence-electron chi connectivity index (χ1n) is 6.37. The van der Waals surface area contributed by atoms with Gasteiger partial charge in [-0.1, -0.05) is 11.8 Å². The van der Waals surface area contributed by atoms with Crippen molar-refractivity contribution in [2.75, 3.05) is 19.8 Å². The summed E-state index contributed by atoms with van der Waals surface area (Å²) in [4.78, 5) is 17.7. The van der Waals surface area contributed by atoms with Gasteiger partial charge >= 0.3 is 0 Å². The topological polar surface area (TPSA) is 57.0 Å². The van der Waals surface area contributed by atoms with E-state index in [-0.39, 0.29) is 5.91 Å². The van der Waals surface area contributed by atoms with Crippen LogP contribution in [0.2, 0.25) is 0 Å². The second-order valence-corrected chi connectivity index (χ2v) is 5.81. The summed E-state index contributed by atoms with van der Waals surface area (Å²) >= 11 is 1.36. The monoisotopic (exact) mass is 275 g/mol. The van der Waals surface area contributed by atoms with Gasteiger partial charge in [-0.3, -0.25) is 4.79 Å². The lowest BCUT2D eigenvalue weighted by atomic mass is 9.95. The van der Waals surface area contributed by atoms with Crippen LogP contribution in [-0.4, -0.2) is 35.6 Å². The van der Waals surface area contributed by atoms with Crippen LogP contribution in [0.4, 0.5) is 0 Å². The number of hydrogen-bond acceptors (Lipinski definition) is 4. The van der Waals surface area contributed by atoms with Gasteiger partial charge < -0.3 is 4.90 Å². The Balaban J connectivity index is 2.20. The number of aromatic nitrogens is 1. The maximum Gasteiger partial charge on any atom is 0.232 e. The lowest BCUT2D eigenvalue weighted by molar-refractivity contribution is -0.125. The Morgan fingerprint density at radius 2 is 2.21 bits per heavy atom. The molecular weight excluding hydrogens is 258 g/mol. The first-order valence-corrected chi connectivity index (χ1v) is 7.36. The Bertz CT molecular complexity index is 534. The number of aryl methyl sites for hydroxylation is 2. The van der Waals surface area contributed by atoms with Crippen molar-refractivity contribution in [2.24, 2.45) is 0 Å². The molecule has 0 atom stereocenters. The molecule has 0 fully saturated rings. The zero-order chi connectivity index (χ0) is 13.8. The largest absolute Gasteiger partial charge is 0.348 e. The molecule has 100 valence electrons. The molecule has 1 aromatic heterocycles. The molecule has 0 unspecified atom stereocenters. The average molecular weight is 275 g/mol. The van der Waals surface area contributed by atoms with Crippen molar-refractivity contribution in [3.63, 3.8) is 0 Å². The molecule has 0 radical (unpaired) electrons. The summed E-state index contributed by atoms with van der Waals surface area (Å²) in [5.74, 6) is 0.362. The molecule has 0 aliphatic heterocycles. The van der Waals surface area contributed by atoms with Gasteiger partial charge in [-0.25, -0.2) is 4.98 Å². The van der Waals surface area contributed by atoms with Gasteiger partial charge in [0, 0.05) is 19.8 Å². The standard InChI is InChI=1S/C14H17N3OS/c1-17(2)13(18)9-19-14-11(8-15)7-10-5-3-4-6-12(10)16-14/h7H,3-6,9H2,1-2H3. The number of carbonyl (C=O) groups is 1. The molecule has 1 heterocycles. The normalized spacial score (nSPS) is 13.5. The van der Waals surface area contributed by atoms with Crippen LogP contribution in [0.15, 0.2) is 11.1 Å². The SMILES string of the molecule is CN(C)C(=O)CSc1nc2c(cc1C#N)CCCC2. The molecule has 0 saturated heterocycles. The van der Waals surface area contributed by atoms with E-state index in [1.807, 2.05) is 6.07 Å². The van der Waals surface area contributed by atoms with E-state index in [9.17, 15) is 10.1 Å². The molecule has 5 heteroatoms. The van der Waals surface area contributed by atoms with E-state index >= 15 is 0 Å². The highest BCUT2D eigenvalue weighted by atomic mass is 32.2. The fraction of sp³-hybridized carbons (Fsp3) is 0.500. The van der Waals surface area contributed by atoms with Gasteiger partial charge in [-0.15, -0.1) is 0 Å². The zero-order valence-electron chi connectivity index (χ0n) is 11.3. The predicted molar refractivity (Wildman–Crippen MR) is 75.0 cm³/mol. The fourth-order valence-corrected chi connectivity index (χ4v) is 3.02. The summed E-state index contributed by atoms with van der Waals surface area (Å²) in [7, 11) is 3.46. The Morgan fingerprint density at radius 3 is 2.89 bits per heavy atom. The van der Waals surface area contributed by atoms with Gasteiger partial charge in [0.25, 0.3) is 0 Å². The van der Waals surface area contributed by atoms with Crippen LogP contribution in [0.25, 0.3) is 0 Å². The van der Waals surface area contributed by atoms with E-state index in [1.54, 1.807) is 19.0 Å².